The number of hydrogen-bond donors (Lipinski definition) is 1. The summed E-state index contributed by atoms with van der Waals surface area (Å²) in [5, 5.41) is 3.37. The van der Waals surface area contributed by atoms with Gasteiger partial charge in [-0.2, -0.15) is 0 Å². The van der Waals surface area contributed by atoms with E-state index >= 15 is 0 Å². The molecule has 0 aliphatic carbocycles. The van der Waals surface area contributed by atoms with E-state index < -0.39 is 0 Å². The van der Waals surface area contributed by atoms with Gasteiger partial charge in [0.25, 0.3) is 0 Å². The first-order valence-electron chi connectivity index (χ1n) is 7.38. The smallest absolute Gasteiger partial charge is 0.194 e. The van der Waals surface area contributed by atoms with Crippen molar-refractivity contribution >= 4 is 5.96 Å². The monoisotopic (exact) mass is 257 g/mol. The highest BCUT2D eigenvalue weighted by Crippen LogP contribution is 2.29. The number of aliphatic imine (C=N–C) groups is 1. The summed E-state index contributed by atoms with van der Waals surface area (Å²) in [6.07, 6.45) is 2.30. The molecule has 1 aromatic rings. The summed E-state index contributed by atoms with van der Waals surface area (Å²) >= 11 is 0. The van der Waals surface area contributed by atoms with Crippen molar-refractivity contribution in [3.05, 3.63) is 35.4 Å². The summed E-state index contributed by atoms with van der Waals surface area (Å²) in [6.45, 7) is 7.59. The molecule has 1 aromatic carbocycles. The Morgan fingerprint density at radius 1 is 1.32 bits per heavy atom. The zero-order chi connectivity index (χ0) is 13.2. The molecule has 3 heteroatoms. The Morgan fingerprint density at radius 3 is 2.84 bits per heavy atom. The number of hydrogen-bond acceptors (Lipinski definition) is 3. The largest absolute Gasteiger partial charge is 0.354 e. The van der Waals surface area contributed by atoms with Gasteiger partial charge in [-0.1, -0.05) is 38.1 Å². The van der Waals surface area contributed by atoms with Crippen molar-refractivity contribution in [1.29, 1.82) is 0 Å². The van der Waals surface area contributed by atoms with Crippen LogP contribution in [0.15, 0.2) is 29.3 Å². The van der Waals surface area contributed by atoms with Crippen molar-refractivity contribution in [2.45, 2.75) is 32.7 Å². The van der Waals surface area contributed by atoms with E-state index in [2.05, 4.69) is 53.3 Å². The summed E-state index contributed by atoms with van der Waals surface area (Å²) in [5.74, 6) is 1.82. The van der Waals surface area contributed by atoms with E-state index in [1.807, 2.05) is 0 Å². The van der Waals surface area contributed by atoms with Crippen LogP contribution in [-0.2, 0) is 6.42 Å². The average Bonchev–Trinajstić information content (AvgIpc) is 2.87. The fraction of sp³-hybridized carbons (Fsp3) is 0.562. The first-order valence-corrected chi connectivity index (χ1v) is 7.38. The number of nitrogens with one attached hydrogen (secondary N) is 1. The van der Waals surface area contributed by atoms with Gasteiger partial charge in [0.15, 0.2) is 5.96 Å². The van der Waals surface area contributed by atoms with Gasteiger partial charge in [-0.25, -0.2) is 0 Å². The first-order chi connectivity index (χ1) is 9.24. The highest BCUT2D eigenvalue weighted by Gasteiger charge is 2.29. The lowest BCUT2D eigenvalue weighted by Crippen LogP contribution is -2.37. The van der Waals surface area contributed by atoms with Crippen LogP contribution in [0.3, 0.4) is 0 Å². The molecule has 3 rings (SSSR count). The molecule has 0 bridgehead atoms. The Hall–Kier alpha value is -1.51. The number of guanidine groups is 1. The van der Waals surface area contributed by atoms with E-state index in [0.717, 1.165) is 37.9 Å². The molecule has 1 fully saturated rings. The average molecular weight is 257 g/mol. The zero-order valence-electron chi connectivity index (χ0n) is 11.9. The molecule has 0 amide bonds. The molecular weight excluding hydrogens is 234 g/mol. The quantitative estimate of drug-likeness (QED) is 0.901. The maximum absolute atomic E-state index is 4.56. The number of benzene rings is 1. The van der Waals surface area contributed by atoms with E-state index in [9.17, 15) is 0 Å². The second-order valence-corrected chi connectivity index (χ2v) is 5.97. The van der Waals surface area contributed by atoms with Gasteiger partial charge in [0.2, 0.25) is 0 Å². The summed E-state index contributed by atoms with van der Waals surface area (Å²) in [5.41, 5.74) is 2.88. The van der Waals surface area contributed by atoms with Gasteiger partial charge in [0, 0.05) is 19.6 Å². The molecule has 2 aliphatic rings. The van der Waals surface area contributed by atoms with Crippen LogP contribution in [0, 0.1) is 5.92 Å². The van der Waals surface area contributed by atoms with Crippen LogP contribution in [0.1, 0.15) is 37.4 Å². The van der Waals surface area contributed by atoms with E-state index in [1.54, 1.807) is 0 Å². The summed E-state index contributed by atoms with van der Waals surface area (Å²) in [6, 6.07) is 9.72. The standard InChI is InChI=1S/C16H23N3/c1-12(2)11-13-3-5-14(6-4-13)15-7-8-17-16-18-9-10-19(15)16/h3-6,12,15H,7-11H2,1-2H3,(H,17,18). The molecule has 1 atom stereocenters. The normalized spacial score (nSPS) is 22.2. The van der Waals surface area contributed by atoms with Crippen LogP contribution in [0.4, 0.5) is 0 Å². The van der Waals surface area contributed by atoms with Gasteiger partial charge in [0.1, 0.15) is 0 Å². The van der Waals surface area contributed by atoms with Crippen molar-refractivity contribution in [3.8, 4) is 0 Å². The third-order valence-electron chi connectivity index (χ3n) is 3.96. The third-order valence-corrected chi connectivity index (χ3v) is 3.96. The van der Waals surface area contributed by atoms with Gasteiger partial charge in [0.05, 0.1) is 6.04 Å². The van der Waals surface area contributed by atoms with Crippen molar-refractivity contribution in [2.75, 3.05) is 19.6 Å². The van der Waals surface area contributed by atoms with Crippen LogP contribution in [0.5, 0.6) is 0 Å². The predicted octanol–water partition coefficient (Wildman–Crippen LogP) is 2.59. The Balaban J connectivity index is 1.77. The van der Waals surface area contributed by atoms with Crippen molar-refractivity contribution in [2.24, 2.45) is 10.9 Å². The van der Waals surface area contributed by atoms with Crippen LogP contribution in [-0.4, -0.2) is 30.5 Å². The van der Waals surface area contributed by atoms with E-state index in [0.29, 0.717) is 6.04 Å². The van der Waals surface area contributed by atoms with Gasteiger partial charge < -0.3 is 10.2 Å². The Kier molecular flexibility index (Phi) is 3.45. The fourth-order valence-electron chi connectivity index (χ4n) is 3.09. The summed E-state index contributed by atoms with van der Waals surface area (Å²) in [7, 11) is 0. The molecule has 102 valence electrons. The second-order valence-electron chi connectivity index (χ2n) is 5.97. The molecule has 2 heterocycles. The maximum atomic E-state index is 4.56. The van der Waals surface area contributed by atoms with E-state index in [1.165, 1.54) is 17.5 Å². The van der Waals surface area contributed by atoms with Crippen molar-refractivity contribution in [3.63, 3.8) is 0 Å². The van der Waals surface area contributed by atoms with Crippen LogP contribution in [0.2, 0.25) is 0 Å². The highest BCUT2D eigenvalue weighted by atomic mass is 15.4. The minimum Gasteiger partial charge on any atom is -0.354 e. The third kappa shape index (κ3) is 2.60. The molecule has 19 heavy (non-hydrogen) atoms. The Morgan fingerprint density at radius 2 is 2.11 bits per heavy atom. The molecule has 0 saturated carbocycles. The van der Waals surface area contributed by atoms with Crippen molar-refractivity contribution < 1.29 is 0 Å². The Labute approximate surface area is 115 Å². The molecule has 2 aliphatic heterocycles. The topological polar surface area (TPSA) is 27.6 Å². The maximum Gasteiger partial charge on any atom is 0.194 e. The number of nitrogens with zero attached hydrogens (tertiary/aromatic N) is 2. The Bertz CT molecular complexity index is 461. The molecule has 0 aromatic heterocycles. The van der Waals surface area contributed by atoms with Gasteiger partial charge >= 0.3 is 0 Å². The van der Waals surface area contributed by atoms with Crippen LogP contribution < -0.4 is 5.32 Å². The SMILES string of the molecule is CC(C)Cc1ccc(C2CCN=C3NCCN32)cc1. The molecule has 3 nitrogen and oxygen atoms in total. The summed E-state index contributed by atoms with van der Waals surface area (Å²) < 4.78 is 0. The van der Waals surface area contributed by atoms with Gasteiger partial charge in [-0.05, 0) is 29.9 Å². The molecule has 1 N–H and O–H groups in total. The highest BCUT2D eigenvalue weighted by molar-refractivity contribution is 5.82. The minimum atomic E-state index is 0.510. The van der Waals surface area contributed by atoms with Crippen molar-refractivity contribution in [1.82, 2.24) is 10.2 Å². The second kappa shape index (κ2) is 5.24. The lowest BCUT2D eigenvalue weighted by Gasteiger charge is -2.32. The molecule has 1 unspecified atom stereocenters. The molecule has 1 saturated heterocycles. The number of fused-ring (bicyclic) bond motifs is 1. The van der Waals surface area contributed by atoms with Crippen LogP contribution in [0.25, 0.3) is 0 Å². The molecule has 0 spiro atoms. The minimum absolute atomic E-state index is 0.510. The fourth-order valence-corrected chi connectivity index (χ4v) is 3.09. The van der Waals surface area contributed by atoms with E-state index in [4.69, 9.17) is 0 Å². The molecule has 0 radical (unpaired) electrons. The number of rotatable bonds is 3. The van der Waals surface area contributed by atoms with E-state index in [-0.39, 0.29) is 0 Å². The first kappa shape index (κ1) is 12.5. The summed E-state index contributed by atoms with van der Waals surface area (Å²) in [4.78, 5) is 6.97. The lowest BCUT2D eigenvalue weighted by molar-refractivity contribution is 0.314. The molecular formula is C16H23N3. The van der Waals surface area contributed by atoms with Gasteiger partial charge in [-0.3, -0.25) is 4.99 Å². The predicted molar refractivity (Wildman–Crippen MR) is 79.4 cm³/mol. The lowest BCUT2D eigenvalue weighted by atomic mass is 9.97. The zero-order valence-corrected chi connectivity index (χ0v) is 11.9. The van der Waals surface area contributed by atoms with Gasteiger partial charge in [-0.15, -0.1) is 0 Å². The van der Waals surface area contributed by atoms with Crippen LogP contribution >= 0.6 is 0 Å².